The van der Waals surface area contributed by atoms with Crippen LogP contribution in [0.25, 0.3) is 0 Å². The highest BCUT2D eigenvalue weighted by molar-refractivity contribution is 6.43. The molecule has 0 saturated heterocycles. The fourth-order valence-corrected chi connectivity index (χ4v) is 2.15. The van der Waals surface area contributed by atoms with E-state index in [4.69, 9.17) is 11.6 Å². The average molecular weight is 348 g/mol. The molecule has 124 valence electrons. The molecule has 0 aliphatic heterocycles. The van der Waals surface area contributed by atoms with Crippen molar-refractivity contribution in [1.82, 2.24) is 0 Å². The number of halogens is 1. The van der Waals surface area contributed by atoms with E-state index in [1.54, 1.807) is 13.0 Å². The predicted octanol–water partition coefficient (Wildman–Crippen LogP) is 3.44. The SMILES string of the molecule is Cc1ccc(C)c(NC(=O)C(=O)Nc2ccc(Cl)c([N+](=O)[O-])c2)c1. The van der Waals surface area contributed by atoms with Crippen molar-refractivity contribution in [3.05, 3.63) is 62.7 Å². The Morgan fingerprint density at radius 1 is 1.04 bits per heavy atom. The number of nitrogens with zero attached hydrogens (tertiary/aromatic N) is 1. The lowest BCUT2D eigenvalue weighted by molar-refractivity contribution is -0.384. The van der Waals surface area contributed by atoms with E-state index in [-0.39, 0.29) is 16.4 Å². The molecule has 2 aromatic carbocycles. The summed E-state index contributed by atoms with van der Waals surface area (Å²) >= 11 is 5.70. The van der Waals surface area contributed by atoms with E-state index in [1.165, 1.54) is 12.1 Å². The van der Waals surface area contributed by atoms with Crippen LogP contribution in [0, 0.1) is 24.0 Å². The Morgan fingerprint density at radius 3 is 2.38 bits per heavy atom. The molecule has 0 bridgehead atoms. The summed E-state index contributed by atoms with van der Waals surface area (Å²) in [5.74, 6) is -1.81. The van der Waals surface area contributed by atoms with Crippen molar-refractivity contribution in [2.45, 2.75) is 13.8 Å². The number of benzene rings is 2. The molecule has 7 nitrogen and oxygen atoms in total. The zero-order chi connectivity index (χ0) is 17.9. The first kappa shape index (κ1) is 17.4. The molecule has 0 atom stereocenters. The first-order valence-electron chi connectivity index (χ1n) is 6.91. The molecule has 0 radical (unpaired) electrons. The number of hydrogen-bond acceptors (Lipinski definition) is 4. The van der Waals surface area contributed by atoms with Crippen molar-refractivity contribution in [3.8, 4) is 0 Å². The van der Waals surface area contributed by atoms with Gasteiger partial charge in [-0.1, -0.05) is 23.7 Å². The second-order valence-corrected chi connectivity index (χ2v) is 5.56. The van der Waals surface area contributed by atoms with Gasteiger partial charge in [-0.3, -0.25) is 19.7 Å². The van der Waals surface area contributed by atoms with Crippen LogP contribution in [0.4, 0.5) is 17.1 Å². The summed E-state index contributed by atoms with van der Waals surface area (Å²) in [6.45, 7) is 3.66. The van der Waals surface area contributed by atoms with Gasteiger partial charge in [-0.15, -0.1) is 0 Å². The van der Waals surface area contributed by atoms with Crippen LogP contribution < -0.4 is 10.6 Å². The van der Waals surface area contributed by atoms with Crippen molar-refractivity contribution >= 4 is 40.5 Å². The van der Waals surface area contributed by atoms with Gasteiger partial charge in [-0.05, 0) is 43.2 Å². The highest BCUT2D eigenvalue weighted by Crippen LogP contribution is 2.27. The second-order valence-electron chi connectivity index (χ2n) is 5.15. The quantitative estimate of drug-likeness (QED) is 0.504. The number of anilines is 2. The topological polar surface area (TPSA) is 101 Å². The Labute approximate surface area is 142 Å². The van der Waals surface area contributed by atoms with Gasteiger partial charge >= 0.3 is 11.8 Å². The van der Waals surface area contributed by atoms with E-state index in [9.17, 15) is 19.7 Å². The Morgan fingerprint density at radius 2 is 1.71 bits per heavy atom. The molecule has 0 saturated carbocycles. The minimum absolute atomic E-state index is 0.0576. The Kier molecular flexibility index (Phi) is 5.15. The number of rotatable bonds is 3. The van der Waals surface area contributed by atoms with Gasteiger partial charge in [0.1, 0.15) is 5.02 Å². The summed E-state index contributed by atoms with van der Waals surface area (Å²) in [6, 6.07) is 9.19. The van der Waals surface area contributed by atoms with Gasteiger partial charge < -0.3 is 10.6 Å². The second kappa shape index (κ2) is 7.10. The van der Waals surface area contributed by atoms with Crippen molar-refractivity contribution < 1.29 is 14.5 Å². The lowest BCUT2D eigenvalue weighted by atomic mass is 10.1. The molecule has 2 N–H and O–H groups in total. The number of hydrogen-bond donors (Lipinski definition) is 2. The van der Waals surface area contributed by atoms with Gasteiger partial charge in [0, 0.05) is 17.4 Å². The smallest absolute Gasteiger partial charge is 0.314 e. The number of amides is 2. The molecule has 8 heteroatoms. The first-order valence-corrected chi connectivity index (χ1v) is 7.29. The molecular formula is C16H14ClN3O4. The van der Waals surface area contributed by atoms with E-state index in [1.807, 2.05) is 19.1 Å². The van der Waals surface area contributed by atoms with E-state index in [0.717, 1.165) is 17.2 Å². The zero-order valence-electron chi connectivity index (χ0n) is 12.9. The number of nitro benzene ring substituents is 1. The molecule has 2 rings (SSSR count). The van der Waals surface area contributed by atoms with Crippen molar-refractivity contribution in [3.63, 3.8) is 0 Å². The summed E-state index contributed by atoms with van der Waals surface area (Å²) in [7, 11) is 0. The molecule has 24 heavy (non-hydrogen) atoms. The lowest BCUT2D eigenvalue weighted by Crippen LogP contribution is -2.29. The van der Waals surface area contributed by atoms with Crippen LogP contribution >= 0.6 is 11.6 Å². The van der Waals surface area contributed by atoms with Crippen LogP contribution in [-0.4, -0.2) is 16.7 Å². The van der Waals surface area contributed by atoms with Gasteiger partial charge in [0.15, 0.2) is 0 Å². The Bertz CT molecular complexity index is 836. The Balaban J connectivity index is 2.12. The van der Waals surface area contributed by atoms with Gasteiger partial charge in [-0.25, -0.2) is 0 Å². The van der Waals surface area contributed by atoms with Gasteiger partial charge in [0.25, 0.3) is 5.69 Å². The monoisotopic (exact) mass is 347 g/mol. The minimum atomic E-state index is -0.937. The molecule has 0 fully saturated rings. The van der Waals surface area contributed by atoms with Crippen LogP contribution in [0.3, 0.4) is 0 Å². The molecular weight excluding hydrogens is 334 g/mol. The van der Waals surface area contributed by atoms with Crippen LogP contribution in [0.15, 0.2) is 36.4 Å². The molecule has 2 aromatic rings. The first-order chi connectivity index (χ1) is 11.3. The third-order valence-corrected chi connectivity index (χ3v) is 3.57. The third-order valence-electron chi connectivity index (χ3n) is 3.25. The van der Waals surface area contributed by atoms with E-state index in [2.05, 4.69) is 10.6 Å². The summed E-state index contributed by atoms with van der Waals surface area (Å²) in [4.78, 5) is 34.1. The highest BCUT2D eigenvalue weighted by atomic mass is 35.5. The Hall–Kier alpha value is -2.93. The van der Waals surface area contributed by atoms with Crippen LogP contribution in [0.2, 0.25) is 5.02 Å². The van der Waals surface area contributed by atoms with Crippen LogP contribution in [0.5, 0.6) is 0 Å². The number of carbonyl (C=O) groups is 2. The number of aryl methyl sites for hydroxylation is 2. The predicted molar refractivity (Wildman–Crippen MR) is 91.3 cm³/mol. The summed E-state index contributed by atoms with van der Waals surface area (Å²) < 4.78 is 0. The van der Waals surface area contributed by atoms with Gasteiger partial charge in [0.2, 0.25) is 0 Å². The lowest BCUT2D eigenvalue weighted by Gasteiger charge is -2.09. The fourth-order valence-electron chi connectivity index (χ4n) is 1.97. The van der Waals surface area contributed by atoms with Gasteiger partial charge in [0.05, 0.1) is 4.92 Å². The van der Waals surface area contributed by atoms with Crippen LogP contribution in [0.1, 0.15) is 11.1 Å². The normalized spacial score (nSPS) is 10.1. The highest BCUT2D eigenvalue weighted by Gasteiger charge is 2.18. The standard InChI is InChI=1S/C16H14ClN3O4/c1-9-3-4-10(2)13(7-9)19-16(22)15(21)18-11-5-6-12(17)14(8-11)20(23)24/h3-8H,1-2H3,(H,18,21)(H,19,22). The van der Waals surface area contributed by atoms with E-state index < -0.39 is 16.7 Å². The third kappa shape index (κ3) is 4.08. The number of carbonyl (C=O) groups excluding carboxylic acids is 2. The molecule has 0 aromatic heterocycles. The van der Waals surface area contributed by atoms with E-state index in [0.29, 0.717) is 5.69 Å². The maximum atomic E-state index is 12.0. The van der Waals surface area contributed by atoms with E-state index >= 15 is 0 Å². The molecule has 0 heterocycles. The maximum Gasteiger partial charge on any atom is 0.314 e. The van der Waals surface area contributed by atoms with Crippen molar-refractivity contribution in [2.75, 3.05) is 10.6 Å². The minimum Gasteiger partial charge on any atom is -0.318 e. The van der Waals surface area contributed by atoms with Crippen molar-refractivity contribution in [2.24, 2.45) is 0 Å². The molecule has 2 amide bonds. The fraction of sp³-hybridized carbons (Fsp3) is 0.125. The van der Waals surface area contributed by atoms with Crippen LogP contribution in [-0.2, 0) is 9.59 Å². The summed E-state index contributed by atoms with van der Waals surface area (Å²) in [6.07, 6.45) is 0. The molecule has 0 aliphatic carbocycles. The van der Waals surface area contributed by atoms with Gasteiger partial charge in [-0.2, -0.15) is 0 Å². The molecule has 0 aliphatic rings. The molecule has 0 spiro atoms. The zero-order valence-corrected chi connectivity index (χ0v) is 13.7. The number of nitro groups is 1. The molecule has 0 unspecified atom stereocenters. The maximum absolute atomic E-state index is 12.0. The number of nitrogens with one attached hydrogen (secondary N) is 2. The van der Waals surface area contributed by atoms with Crippen molar-refractivity contribution in [1.29, 1.82) is 0 Å². The summed E-state index contributed by atoms with van der Waals surface area (Å²) in [5, 5.41) is 15.6. The summed E-state index contributed by atoms with van der Waals surface area (Å²) in [5.41, 5.74) is 2.02. The average Bonchev–Trinajstić information content (AvgIpc) is 2.52. The largest absolute Gasteiger partial charge is 0.318 e.